The molecule has 128 valence electrons. The zero-order chi connectivity index (χ0) is 17.9. The third kappa shape index (κ3) is 4.37. The molecule has 1 amide bonds. The second-order valence-electron chi connectivity index (χ2n) is 7.00. The van der Waals surface area contributed by atoms with Gasteiger partial charge in [0.05, 0.1) is 14.1 Å². The number of benzene rings is 3. The fourth-order valence-corrected chi connectivity index (χ4v) is 3.08. The summed E-state index contributed by atoms with van der Waals surface area (Å²) in [5.41, 5.74) is 1.92. The smallest absolute Gasteiger partial charge is 0.279 e. The molecule has 0 bridgehead atoms. The Labute approximate surface area is 147 Å². The molecule has 0 aliphatic rings. The van der Waals surface area contributed by atoms with Gasteiger partial charge in [-0.1, -0.05) is 48.5 Å². The fourth-order valence-electron chi connectivity index (χ4n) is 3.08. The summed E-state index contributed by atoms with van der Waals surface area (Å²) in [6.07, 6.45) is 0. The van der Waals surface area contributed by atoms with E-state index < -0.39 is 0 Å². The lowest BCUT2D eigenvalue weighted by molar-refractivity contribution is -0.895. The van der Waals surface area contributed by atoms with Gasteiger partial charge < -0.3 is 14.9 Å². The van der Waals surface area contributed by atoms with E-state index in [1.165, 1.54) is 5.56 Å². The van der Waals surface area contributed by atoms with Crippen molar-refractivity contribution in [3.8, 4) is 5.75 Å². The van der Waals surface area contributed by atoms with Crippen LogP contribution in [0.1, 0.15) is 5.56 Å². The molecule has 0 fully saturated rings. The number of rotatable bonds is 5. The summed E-state index contributed by atoms with van der Waals surface area (Å²) in [5, 5.41) is 14.5. The van der Waals surface area contributed by atoms with Gasteiger partial charge >= 0.3 is 0 Å². The molecule has 25 heavy (non-hydrogen) atoms. The lowest BCUT2D eigenvalue weighted by atomic mass is 10.1. The van der Waals surface area contributed by atoms with Gasteiger partial charge in [0.1, 0.15) is 12.3 Å². The topological polar surface area (TPSA) is 49.3 Å². The van der Waals surface area contributed by atoms with Gasteiger partial charge in [0.25, 0.3) is 5.91 Å². The number of nitrogens with one attached hydrogen (secondary N) is 1. The van der Waals surface area contributed by atoms with Crippen molar-refractivity contribution in [2.45, 2.75) is 6.54 Å². The van der Waals surface area contributed by atoms with E-state index in [0.717, 1.165) is 23.0 Å². The third-order valence-corrected chi connectivity index (χ3v) is 4.16. The number of likely N-dealkylation sites (N-methyl/N-ethyl adjacent to an activating group) is 1. The van der Waals surface area contributed by atoms with E-state index in [2.05, 4.69) is 17.4 Å². The SMILES string of the molecule is C[N+](C)(CC(=O)Nc1cccc2ccc(O)cc12)Cc1ccccc1. The molecule has 4 nitrogen and oxygen atoms in total. The van der Waals surface area contributed by atoms with Crippen molar-refractivity contribution >= 4 is 22.4 Å². The third-order valence-electron chi connectivity index (χ3n) is 4.16. The average molecular weight is 335 g/mol. The fraction of sp³-hybridized carbons (Fsp3) is 0.190. The number of phenols is 1. The number of amides is 1. The maximum absolute atomic E-state index is 12.6. The Morgan fingerprint density at radius 2 is 1.76 bits per heavy atom. The van der Waals surface area contributed by atoms with E-state index in [-0.39, 0.29) is 11.7 Å². The monoisotopic (exact) mass is 335 g/mol. The minimum atomic E-state index is -0.0447. The van der Waals surface area contributed by atoms with Crippen LogP contribution in [0.3, 0.4) is 0 Å². The van der Waals surface area contributed by atoms with Crippen molar-refractivity contribution < 1.29 is 14.4 Å². The summed E-state index contributed by atoms with van der Waals surface area (Å²) in [6, 6.07) is 21.0. The standard InChI is InChI=1S/C21H22N2O2/c1-23(2,14-16-7-4-3-5-8-16)15-21(25)22-20-10-6-9-17-11-12-18(24)13-19(17)20/h3-13H,14-15H2,1-2H3,(H-,22,24,25)/p+1. The number of fused-ring (bicyclic) bond motifs is 1. The molecule has 4 heteroatoms. The van der Waals surface area contributed by atoms with Crippen molar-refractivity contribution in [2.24, 2.45) is 0 Å². The van der Waals surface area contributed by atoms with Crippen LogP contribution in [-0.2, 0) is 11.3 Å². The van der Waals surface area contributed by atoms with Crippen LogP contribution in [0.4, 0.5) is 5.69 Å². The Balaban J connectivity index is 1.73. The summed E-state index contributed by atoms with van der Waals surface area (Å²) in [4.78, 5) is 12.6. The molecule has 0 atom stereocenters. The predicted molar refractivity (Wildman–Crippen MR) is 101 cm³/mol. The number of carbonyl (C=O) groups is 1. The van der Waals surface area contributed by atoms with Crippen LogP contribution in [0.25, 0.3) is 10.8 Å². The Bertz CT molecular complexity index is 889. The number of aromatic hydroxyl groups is 1. The first-order valence-electron chi connectivity index (χ1n) is 8.30. The van der Waals surface area contributed by atoms with Crippen LogP contribution in [0.5, 0.6) is 5.75 Å². The largest absolute Gasteiger partial charge is 0.508 e. The zero-order valence-electron chi connectivity index (χ0n) is 14.6. The van der Waals surface area contributed by atoms with Gasteiger partial charge in [-0.15, -0.1) is 0 Å². The maximum atomic E-state index is 12.6. The highest BCUT2D eigenvalue weighted by Crippen LogP contribution is 2.27. The molecule has 2 N–H and O–H groups in total. The molecule has 3 aromatic carbocycles. The van der Waals surface area contributed by atoms with Gasteiger partial charge in [-0.2, -0.15) is 0 Å². The van der Waals surface area contributed by atoms with Crippen LogP contribution >= 0.6 is 0 Å². The Kier molecular flexibility index (Phi) is 4.72. The molecule has 0 heterocycles. The predicted octanol–water partition coefficient (Wildman–Crippen LogP) is 3.76. The second kappa shape index (κ2) is 6.95. The molecule has 3 aromatic rings. The van der Waals surface area contributed by atoms with E-state index in [1.54, 1.807) is 12.1 Å². The van der Waals surface area contributed by atoms with Crippen molar-refractivity contribution in [1.82, 2.24) is 0 Å². The molecule has 0 saturated heterocycles. The van der Waals surface area contributed by atoms with Gasteiger partial charge in [0, 0.05) is 16.6 Å². The van der Waals surface area contributed by atoms with Crippen molar-refractivity contribution in [3.05, 3.63) is 72.3 Å². The Hall–Kier alpha value is -2.85. The molecule has 0 aromatic heterocycles. The van der Waals surface area contributed by atoms with E-state index in [9.17, 15) is 9.90 Å². The molecular weight excluding hydrogens is 312 g/mol. The van der Waals surface area contributed by atoms with Crippen LogP contribution < -0.4 is 5.32 Å². The Morgan fingerprint density at radius 3 is 2.52 bits per heavy atom. The lowest BCUT2D eigenvalue weighted by Gasteiger charge is -2.29. The Morgan fingerprint density at radius 1 is 1.00 bits per heavy atom. The number of nitrogens with zero attached hydrogens (tertiary/aromatic N) is 1. The van der Waals surface area contributed by atoms with Crippen LogP contribution in [0.2, 0.25) is 0 Å². The molecule has 0 aliphatic carbocycles. The van der Waals surface area contributed by atoms with Crippen LogP contribution in [0, 0.1) is 0 Å². The summed E-state index contributed by atoms with van der Waals surface area (Å²) < 4.78 is 0.561. The van der Waals surface area contributed by atoms with Gasteiger partial charge in [0.15, 0.2) is 6.54 Å². The highest BCUT2D eigenvalue weighted by atomic mass is 16.3. The second-order valence-corrected chi connectivity index (χ2v) is 7.00. The quantitative estimate of drug-likeness (QED) is 0.698. The maximum Gasteiger partial charge on any atom is 0.279 e. The molecule has 0 unspecified atom stereocenters. The van der Waals surface area contributed by atoms with Crippen LogP contribution in [-0.4, -0.2) is 36.1 Å². The first-order valence-corrected chi connectivity index (χ1v) is 8.30. The lowest BCUT2D eigenvalue weighted by Crippen LogP contribution is -2.44. The van der Waals surface area contributed by atoms with Crippen molar-refractivity contribution in [1.29, 1.82) is 0 Å². The van der Waals surface area contributed by atoms with E-state index >= 15 is 0 Å². The first-order chi connectivity index (χ1) is 11.9. The number of quaternary nitrogens is 1. The van der Waals surface area contributed by atoms with Gasteiger partial charge in [-0.25, -0.2) is 0 Å². The van der Waals surface area contributed by atoms with Gasteiger partial charge in [-0.05, 0) is 23.6 Å². The number of phenolic OH excluding ortho intramolecular Hbond substituents is 1. The average Bonchev–Trinajstić information content (AvgIpc) is 2.55. The van der Waals surface area contributed by atoms with Gasteiger partial charge in [-0.3, -0.25) is 4.79 Å². The molecule has 0 aliphatic heterocycles. The summed E-state index contributed by atoms with van der Waals surface area (Å²) in [6.45, 7) is 1.15. The number of hydrogen-bond acceptors (Lipinski definition) is 2. The first kappa shape index (κ1) is 17.0. The zero-order valence-corrected chi connectivity index (χ0v) is 14.6. The van der Waals surface area contributed by atoms with Gasteiger partial charge in [0.2, 0.25) is 0 Å². The molecular formula is C21H23N2O2+. The number of anilines is 1. The van der Waals surface area contributed by atoms with E-state index in [0.29, 0.717) is 11.0 Å². The minimum Gasteiger partial charge on any atom is -0.508 e. The highest BCUT2D eigenvalue weighted by Gasteiger charge is 2.21. The normalized spacial score (nSPS) is 11.4. The molecule has 0 spiro atoms. The van der Waals surface area contributed by atoms with E-state index in [4.69, 9.17) is 0 Å². The summed E-state index contributed by atoms with van der Waals surface area (Å²) in [7, 11) is 4.09. The van der Waals surface area contributed by atoms with E-state index in [1.807, 2.05) is 56.6 Å². The van der Waals surface area contributed by atoms with Crippen LogP contribution in [0.15, 0.2) is 66.7 Å². The minimum absolute atomic E-state index is 0.0447. The number of hydrogen-bond donors (Lipinski definition) is 2. The molecule has 0 saturated carbocycles. The van der Waals surface area contributed by atoms with Crippen molar-refractivity contribution in [2.75, 3.05) is 26.0 Å². The summed E-state index contributed by atoms with van der Waals surface area (Å²) in [5.74, 6) is 0.145. The molecule has 3 rings (SSSR count). The molecule has 0 radical (unpaired) electrons. The highest BCUT2D eigenvalue weighted by molar-refractivity contribution is 6.02. The number of carbonyl (C=O) groups excluding carboxylic acids is 1. The van der Waals surface area contributed by atoms with Crippen molar-refractivity contribution in [3.63, 3.8) is 0 Å². The summed E-state index contributed by atoms with van der Waals surface area (Å²) >= 11 is 0.